The van der Waals surface area contributed by atoms with Crippen molar-refractivity contribution in [2.24, 2.45) is 0 Å². The molecule has 3 aromatic heterocycles. The molecule has 55 heavy (non-hydrogen) atoms. The molecule has 0 N–H and O–H groups in total. The van der Waals surface area contributed by atoms with Gasteiger partial charge in [0.25, 0.3) is 5.91 Å². The molecular formula is C50H79NOS3. The van der Waals surface area contributed by atoms with Gasteiger partial charge in [0.1, 0.15) is 0 Å². The minimum Gasteiger partial charge on any atom is -0.305 e. The highest BCUT2D eigenvalue weighted by molar-refractivity contribution is 7.27. The van der Waals surface area contributed by atoms with Crippen LogP contribution < -0.4 is 0 Å². The van der Waals surface area contributed by atoms with Gasteiger partial charge in [-0.05, 0) is 75.6 Å². The third kappa shape index (κ3) is 13.7. The highest BCUT2D eigenvalue weighted by Crippen LogP contribution is 2.51. The summed E-state index contributed by atoms with van der Waals surface area (Å²) in [6.07, 6.45) is 35.8. The van der Waals surface area contributed by atoms with E-state index in [2.05, 4.69) is 65.2 Å². The molecule has 1 amide bonds. The molecular weight excluding hydrogens is 727 g/mol. The van der Waals surface area contributed by atoms with Crippen molar-refractivity contribution in [2.45, 2.75) is 227 Å². The fraction of sp³-hybridized carbons (Fsp3) is 0.700. The largest absolute Gasteiger partial charge is 0.305 e. The van der Waals surface area contributed by atoms with Gasteiger partial charge in [-0.1, -0.05) is 176 Å². The van der Waals surface area contributed by atoms with Gasteiger partial charge in [-0.3, -0.25) is 4.79 Å². The molecule has 308 valence electrons. The average Bonchev–Trinajstić information content (AvgIpc) is 3.92. The van der Waals surface area contributed by atoms with Crippen molar-refractivity contribution < 1.29 is 4.79 Å². The quantitative estimate of drug-likeness (QED) is 0.0593. The third-order valence-corrected chi connectivity index (χ3v) is 15.9. The van der Waals surface area contributed by atoms with Crippen molar-refractivity contribution in [3.63, 3.8) is 0 Å². The number of unbranched alkanes of at least 4 members (excludes halogenated alkanes) is 20. The maximum Gasteiger partial charge on any atom is 0.260 e. The SMILES string of the molecule is C=C1c2c(C)sc(-c3sc(-c4cc(CCCCCCCC)c(C)s4)cc3CCCCCCCC)c2C(=O)N1C(CCCCCCCC)CCCCCCCC. The van der Waals surface area contributed by atoms with Crippen LogP contribution in [-0.4, -0.2) is 16.8 Å². The molecule has 4 heterocycles. The van der Waals surface area contributed by atoms with E-state index in [1.165, 1.54) is 195 Å². The first-order valence-electron chi connectivity index (χ1n) is 23.2. The molecule has 0 bridgehead atoms. The van der Waals surface area contributed by atoms with Crippen LogP contribution in [0.2, 0.25) is 0 Å². The number of amides is 1. The number of thiophene rings is 3. The Labute approximate surface area is 351 Å². The molecule has 1 aliphatic rings. The summed E-state index contributed by atoms with van der Waals surface area (Å²) in [5.74, 6) is 0.231. The Balaban J connectivity index is 1.59. The summed E-state index contributed by atoms with van der Waals surface area (Å²) >= 11 is 5.79. The molecule has 0 radical (unpaired) electrons. The van der Waals surface area contributed by atoms with Crippen LogP contribution in [0.5, 0.6) is 0 Å². The minimum atomic E-state index is 0.231. The van der Waals surface area contributed by atoms with Crippen molar-refractivity contribution in [3.8, 4) is 19.5 Å². The first-order valence-corrected chi connectivity index (χ1v) is 25.7. The lowest BCUT2D eigenvalue weighted by atomic mass is 9.98. The molecule has 4 rings (SSSR count). The van der Waals surface area contributed by atoms with Gasteiger partial charge in [0, 0.05) is 41.7 Å². The highest BCUT2D eigenvalue weighted by atomic mass is 32.1. The maximum absolute atomic E-state index is 14.9. The lowest BCUT2D eigenvalue weighted by molar-refractivity contribution is 0.0789. The average molecular weight is 806 g/mol. The number of nitrogens with zero attached hydrogens (tertiary/aromatic N) is 1. The monoisotopic (exact) mass is 806 g/mol. The molecule has 5 heteroatoms. The zero-order chi connectivity index (χ0) is 39.4. The molecule has 0 spiro atoms. The van der Waals surface area contributed by atoms with Crippen LogP contribution >= 0.6 is 34.0 Å². The van der Waals surface area contributed by atoms with Crippen molar-refractivity contribution >= 4 is 45.6 Å². The molecule has 0 saturated heterocycles. The van der Waals surface area contributed by atoms with Crippen LogP contribution in [0, 0.1) is 13.8 Å². The van der Waals surface area contributed by atoms with Crippen LogP contribution in [0.1, 0.15) is 231 Å². The van der Waals surface area contributed by atoms with Crippen molar-refractivity contribution in [3.05, 3.63) is 50.7 Å². The topological polar surface area (TPSA) is 20.3 Å². The molecule has 3 aromatic rings. The van der Waals surface area contributed by atoms with Gasteiger partial charge in [0.15, 0.2) is 0 Å². The number of hydrogen-bond acceptors (Lipinski definition) is 4. The summed E-state index contributed by atoms with van der Waals surface area (Å²) in [6, 6.07) is 5.27. The van der Waals surface area contributed by atoms with Gasteiger partial charge in [0.05, 0.1) is 10.4 Å². The molecule has 1 aliphatic heterocycles. The molecule has 0 aliphatic carbocycles. The van der Waals surface area contributed by atoms with E-state index in [1.807, 2.05) is 34.0 Å². The Kier molecular flexibility index (Phi) is 21.4. The van der Waals surface area contributed by atoms with Gasteiger partial charge in [-0.15, -0.1) is 34.0 Å². The van der Waals surface area contributed by atoms with E-state index in [1.54, 1.807) is 5.56 Å². The number of hydrogen-bond donors (Lipinski definition) is 0. The number of fused-ring (bicyclic) bond motifs is 1. The van der Waals surface area contributed by atoms with Gasteiger partial charge in [0.2, 0.25) is 0 Å². The van der Waals surface area contributed by atoms with Crippen molar-refractivity contribution in [2.75, 3.05) is 0 Å². The Bertz CT molecular complexity index is 1540. The van der Waals surface area contributed by atoms with E-state index >= 15 is 0 Å². The number of aryl methyl sites for hydroxylation is 4. The first-order chi connectivity index (χ1) is 26.9. The second kappa shape index (κ2) is 25.6. The van der Waals surface area contributed by atoms with Gasteiger partial charge in [-0.25, -0.2) is 0 Å². The first kappa shape index (κ1) is 46.0. The van der Waals surface area contributed by atoms with Crippen LogP contribution in [0.3, 0.4) is 0 Å². The minimum absolute atomic E-state index is 0.231. The maximum atomic E-state index is 14.9. The number of carbonyl (C=O) groups is 1. The molecule has 2 nitrogen and oxygen atoms in total. The summed E-state index contributed by atoms with van der Waals surface area (Å²) in [7, 11) is 0. The Morgan fingerprint density at radius 2 is 0.945 bits per heavy atom. The molecule has 0 unspecified atom stereocenters. The smallest absolute Gasteiger partial charge is 0.260 e. The predicted octanol–water partition coefficient (Wildman–Crippen LogP) is 17.9. The van der Waals surface area contributed by atoms with E-state index in [-0.39, 0.29) is 11.9 Å². The van der Waals surface area contributed by atoms with Crippen LogP contribution in [-0.2, 0) is 12.8 Å². The molecule has 0 fully saturated rings. The zero-order valence-electron chi connectivity index (χ0n) is 36.3. The molecule has 0 aromatic carbocycles. The summed E-state index contributed by atoms with van der Waals surface area (Å²) < 4.78 is 0. The van der Waals surface area contributed by atoms with Gasteiger partial charge < -0.3 is 4.90 Å². The fourth-order valence-corrected chi connectivity index (χ4v) is 12.4. The molecule has 0 saturated carbocycles. The summed E-state index contributed by atoms with van der Waals surface area (Å²) in [6.45, 7) is 18.4. The van der Waals surface area contributed by atoms with E-state index in [4.69, 9.17) is 0 Å². The van der Waals surface area contributed by atoms with Crippen LogP contribution in [0.25, 0.3) is 25.2 Å². The number of carbonyl (C=O) groups excluding carboxylic acids is 1. The van der Waals surface area contributed by atoms with Crippen molar-refractivity contribution in [1.82, 2.24) is 4.90 Å². The van der Waals surface area contributed by atoms with Crippen molar-refractivity contribution in [1.29, 1.82) is 0 Å². The summed E-state index contributed by atoms with van der Waals surface area (Å²) in [4.78, 5) is 25.2. The van der Waals surface area contributed by atoms with Gasteiger partial charge >= 0.3 is 0 Å². The Hall–Kier alpha value is -1.69. The second-order valence-electron chi connectivity index (χ2n) is 16.8. The third-order valence-electron chi connectivity index (χ3n) is 12.1. The van der Waals surface area contributed by atoms with E-state index < -0.39 is 0 Å². The summed E-state index contributed by atoms with van der Waals surface area (Å²) in [5, 5.41) is 0. The summed E-state index contributed by atoms with van der Waals surface area (Å²) in [5.41, 5.74) is 6.08. The fourth-order valence-electron chi connectivity index (χ4n) is 8.74. The van der Waals surface area contributed by atoms with E-state index in [0.717, 1.165) is 36.1 Å². The normalized spacial score (nSPS) is 13.0. The van der Waals surface area contributed by atoms with Crippen LogP contribution in [0.15, 0.2) is 18.7 Å². The Morgan fingerprint density at radius 1 is 0.509 bits per heavy atom. The second-order valence-corrected chi connectivity index (χ2v) is 20.4. The van der Waals surface area contributed by atoms with E-state index in [9.17, 15) is 4.79 Å². The number of rotatable bonds is 31. The standard InChI is InChI=1S/C50H79NOS3/c1-8-12-16-20-24-28-32-41-36-44(53-39(41)6)45-37-42(33-29-25-21-17-13-9-2)48(55-45)49-47-46(40(7)54-49)38(5)51(50(47)52)43(34-30-26-22-18-14-10-3)35-31-27-23-19-15-11-4/h36-37,43H,5,8-35H2,1-4,6-7H3. The van der Waals surface area contributed by atoms with E-state index in [0.29, 0.717) is 0 Å². The predicted molar refractivity (Wildman–Crippen MR) is 250 cm³/mol. The Morgan fingerprint density at radius 3 is 1.47 bits per heavy atom. The lowest BCUT2D eigenvalue weighted by Gasteiger charge is -2.29. The molecule has 0 atom stereocenters. The van der Waals surface area contributed by atoms with Gasteiger partial charge in [-0.2, -0.15) is 0 Å². The van der Waals surface area contributed by atoms with Crippen LogP contribution in [0.4, 0.5) is 0 Å². The lowest BCUT2D eigenvalue weighted by Crippen LogP contribution is -2.35. The highest BCUT2D eigenvalue weighted by Gasteiger charge is 2.41. The zero-order valence-corrected chi connectivity index (χ0v) is 38.8.